The van der Waals surface area contributed by atoms with Crippen molar-refractivity contribution in [2.45, 2.75) is 6.04 Å². The van der Waals surface area contributed by atoms with Crippen molar-refractivity contribution in [2.75, 3.05) is 26.2 Å². The molecule has 4 nitrogen and oxygen atoms in total. The molecule has 2 rings (SSSR count). The molecule has 1 atom stereocenters. The fraction of sp³-hybridized carbons (Fsp3) is 0.500. The van der Waals surface area contributed by atoms with Gasteiger partial charge in [-0.2, -0.15) is 0 Å². The highest BCUT2D eigenvalue weighted by Crippen LogP contribution is 2.26. The zero-order valence-electron chi connectivity index (χ0n) is 8.48. The highest BCUT2D eigenvalue weighted by atomic mass is 32.1. The standard InChI is InChI=1S/C10H15N3OS/c11-3-5-13-6-4-12-10(14)9(13)8-2-1-7-15-8/h1-2,7,9H,3-6,11H2,(H,12,14). The fourth-order valence-electron chi connectivity index (χ4n) is 1.88. The summed E-state index contributed by atoms with van der Waals surface area (Å²) in [4.78, 5) is 15.0. The SMILES string of the molecule is NCCN1CCNC(=O)C1c1cccs1. The Kier molecular flexibility index (Phi) is 3.35. The molecule has 0 aliphatic carbocycles. The van der Waals surface area contributed by atoms with Crippen LogP contribution in [-0.2, 0) is 4.79 Å². The molecule has 1 saturated heterocycles. The van der Waals surface area contributed by atoms with Crippen molar-refractivity contribution in [1.82, 2.24) is 10.2 Å². The van der Waals surface area contributed by atoms with Crippen molar-refractivity contribution < 1.29 is 4.79 Å². The maximum absolute atomic E-state index is 11.8. The van der Waals surface area contributed by atoms with E-state index in [1.165, 1.54) is 0 Å². The second-order valence-electron chi connectivity index (χ2n) is 3.53. The number of nitrogens with zero attached hydrogens (tertiary/aromatic N) is 1. The Morgan fingerprint density at radius 1 is 1.67 bits per heavy atom. The van der Waals surface area contributed by atoms with Gasteiger partial charge in [0.05, 0.1) is 0 Å². The van der Waals surface area contributed by atoms with Crippen molar-refractivity contribution in [3.05, 3.63) is 22.4 Å². The van der Waals surface area contributed by atoms with Crippen molar-refractivity contribution in [2.24, 2.45) is 5.73 Å². The molecular weight excluding hydrogens is 210 g/mol. The maximum Gasteiger partial charge on any atom is 0.242 e. The van der Waals surface area contributed by atoms with E-state index in [4.69, 9.17) is 5.73 Å². The Balaban J connectivity index is 2.19. The summed E-state index contributed by atoms with van der Waals surface area (Å²) >= 11 is 1.62. The van der Waals surface area contributed by atoms with E-state index >= 15 is 0 Å². The normalized spacial score (nSPS) is 22.7. The predicted octanol–water partition coefficient (Wildman–Crippen LogP) is 0.180. The van der Waals surface area contributed by atoms with Crippen molar-refractivity contribution in [3.8, 4) is 0 Å². The van der Waals surface area contributed by atoms with Crippen LogP contribution in [0.5, 0.6) is 0 Å². The van der Waals surface area contributed by atoms with Gasteiger partial charge in [0.2, 0.25) is 5.91 Å². The molecule has 0 bridgehead atoms. The minimum absolute atomic E-state index is 0.0946. The Morgan fingerprint density at radius 3 is 3.20 bits per heavy atom. The highest BCUT2D eigenvalue weighted by Gasteiger charge is 2.30. The number of nitrogens with one attached hydrogen (secondary N) is 1. The monoisotopic (exact) mass is 225 g/mol. The number of rotatable bonds is 3. The molecule has 0 radical (unpaired) electrons. The van der Waals surface area contributed by atoms with Gasteiger partial charge >= 0.3 is 0 Å². The van der Waals surface area contributed by atoms with Crippen LogP contribution in [0.1, 0.15) is 10.9 Å². The van der Waals surface area contributed by atoms with E-state index in [1.54, 1.807) is 11.3 Å². The average molecular weight is 225 g/mol. The van der Waals surface area contributed by atoms with E-state index < -0.39 is 0 Å². The highest BCUT2D eigenvalue weighted by molar-refractivity contribution is 7.10. The van der Waals surface area contributed by atoms with E-state index in [9.17, 15) is 4.79 Å². The molecule has 1 fully saturated rings. The predicted molar refractivity (Wildman–Crippen MR) is 60.7 cm³/mol. The minimum Gasteiger partial charge on any atom is -0.353 e. The molecule has 0 spiro atoms. The van der Waals surface area contributed by atoms with Gasteiger partial charge in [0.15, 0.2) is 0 Å². The van der Waals surface area contributed by atoms with Gasteiger partial charge in [0.25, 0.3) is 0 Å². The fourth-order valence-corrected chi connectivity index (χ4v) is 2.73. The van der Waals surface area contributed by atoms with Crippen LogP contribution in [0.4, 0.5) is 0 Å². The van der Waals surface area contributed by atoms with E-state index in [0.717, 1.165) is 24.5 Å². The smallest absolute Gasteiger partial charge is 0.242 e. The third-order valence-electron chi connectivity index (χ3n) is 2.54. The number of carbonyl (C=O) groups excluding carboxylic acids is 1. The first-order valence-electron chi connectivity index (χ1n) is 5.08. The van der Waals surface area contributed by atoms with Crippen LogP contribution in [0.3, 0.4) is 0 Å². The van der Waals surface area contributed by atoms with Crippen molar-refractivity contribution in [1.29, 1.82) is 0 Å². The van der Waals surface area contributed by atoms with Gasteiger partial charge < -0.3 is 11.1 Å². The quantitative estimate of drug-likeness (QED) is 0.771. The number of thiophene rings is 1. The Bertz CT molecular complexity index is 323. The van der Waals surface area contributed by atoms with E-state index in [1.807, 2.05) is 17.5 Å². The number of carbonyl (C=O) groups is 1. The largest absolute Gasteiger partial charge is 0.353 e. The van der Waals surface area contributed by atoms with Gasteiger partial charge in [-0.25, -0.2) is 0 Å². The van der Waals surface area contributed by atoms with E-state index in [-0.39, 0.29) is 11.9 Å². The van der Waals surface area contributed by atoms with Crippen LogP contribution in [0.15, 0.2) is 17.5 Å². The summed E-state index contributed by atoms with van der Waals surface area (Å²) in [6.07, 6.45) is 0. The average Bonchev–Trinajstić information content (AvgIpc) is 2.71. The number of piperazine rings is 1. The second-order valence-corrected chi connectivity index (χ2v) is 4.51. The lowest BCUT2D eigenvalue weighted by atomic mass is 10.1. The van der Waals surface area contributed by atoms with Crippen LogP contribution in [0, 0.1) is 0 Å². The van der Waals surface area contributed by atoms with Gasteiger partial charge in [0, 0.05) is 31.1 Å². The molecule has 3 N–H and O–H groups in total. The van der Waals surface area contributed by atoms with Gasteiger partial charge in [-0.3, -0.25) is 9.69 Å². The number of amides is 1. The third kappa shape index (κ3) is 2.19. The molecule has 1 unspecified atom stereocenters. The molecule has 1 aromatic rings. The lowest BCUT2D eigenvalue weighted by Gasteiger charge is -2.34. The molecule has 82 valence electrons. The third-order valence-corrected chi connectivity index (χ3v) is 3.47. The van der Waals surface area contributed by atoms with Gasteiger partial charge in [-0.05, 0) is 11.4 Å². The van der Waals surface area contributed by atoms with Crippen molar-refractivity contribution >= 4 is 17.2 Å². The van der Waals surface area contributed by atoms with Crippen LogP contribution in [0.2, 0.25) is 0 Å². The molecular formula is C10H15N3OS. The Morgan fingerprint density at radius 2 is 2.53 bits per heavy atom. The van der Waals surface area contributed by atoms with Gasteiger partial charge in [0.1, 0.15) is 6.04 Å². The minimum atomic E-state index is -0.137. The molecule has 0 saturated carbocycles. The maximum atomic E-state index is 11.8. The van der Waals surface area contributed by atoms with Crippen LogP contribution in [0.25, 0.3) is 0 Å². The number of hydrogen-bond donors (Lipinski definition) is 2. The molecule has 5 heteroatoms. The zero-order valence-corrected chi connectivity index (χ0v) is 9.30. The summed E-state index contributed by atoms with van der Waals surface area (Å²) in [7, 11) is 0. The molecule has 1 aliphatic rings. The molecule has 1 aromatic heterocycles. The summed E-state index contributed by atoms with van der Waals surface area (Å²) in [6.45, 7) is 2.97. The first kappa shape index (κ1) is 10.6. The summed E-state index contributed by atoms with van der Waals surface area (Å²) in [6, 6.07) is 3.84. The lowest BCUT2D eigenvalue weighted by molar-refractivity contribution is -0.129. The van der Waals surface area contributed by atoms with Gasteiger partial charge in [-0.1, -0.05) is 6.07 Å². The zero-order chi connectivity index (χ0) is 10.7. The molecule has 0 aromatic carbocycles. The summed E-state index contributed by atoms with van der Waals surface area (Å²) in [5, 5.41) is 4.89. The first-order chi connectivity index (χ1) is 7.33. The Hall–Kier alpha value is -0.910. The first-order valence-corrected chi connectivity index (χ1v) is 5.96. The second kappa shape index (κ2) is 4.74. The summed E-state index contributed by atoms with van der Waals surface area (Å²) < 4.78 is 0. The summed E-state index contributed by atoms with van der Waals surface area (Å²) in [5.41, 5.74) is 5.55. The van der Waals surface area contributed by atoms with Crippen LogP contribution in [-0.4, -0.2) is 37.0 Å². The number of nitrogens with two attached hydrogens (primary N) is 1. The Labute approximate surface area is 93.1 Å². The van der Waals surface area contributed by atoms with Gasteiger partial charge in [-0.15, -0.1) is 11.3 Å². The lowest BCUT2D eigenvalue weighted by Crippen LogP contribution is -2.50. The molecule has 15 heavy (non-hydrogen) atoms. The van der Waals surface area contributed by atoms with Crippen molar-refractivity contribution in [3.63, 3.8) is 0 Å². The number of hydrogen-bond acceptors (Lipinski definition) is 4. The molecule has 2 heterocycles. The van der Waals surface area contributed by atoms with Crippen LogP contribution < -0.4 is 11.1 Å². The summed E-state index contributed by atoms with van der Waals surface area (Å²) in [5.74, 6) is 0.0946. The van der Waals surface area contributed by atoms with Crippen LogP contribution >= 0.6 is 11.3 Å². The van der Waals surface area contributed by atoms with E-state index in [2.05, 4.69) is 10.2 Å². The molecule has 1 aliphatic heterocycles. The molecule has 1 amide bonds. The topological polar surface area (TPSA) is 58.4 Å². The van der Waals surface area contributed by atoms with E-state index in [0.29, 0.717) is 6.54 Å².